The number of rotatable bonds is 1. The summed E-state index contributed by atoms with van der Waals surface area (Å²) in [5, 5.41) is 8.83. The number of hydrogen-bond acceptors (Lipinski definition) is 4. The predicted molar refractivity (Wildman–Crippen MR) is 75.4 cm³/mol. The van der Waals surface area contributed by atoms with Gasteiger partial charge in [-0.2, -0.15) is 0 Å². The Morgan fingerprint density at radius 3 is 2.17 bits per heavy atom. The van der Waals surface area contributed by atoms with Gasteiger partial charge in [0.25, 0.3) is 0 Å². The van der Waals surface area contributed by atoms with Gasteiger partial charge in [0.1, 0.15) is 0 Å². The zero-order valence-electron chi connectivity index (χ0n) is 11.7. The summed E-state index contributed by atoms with van der Waals surface area (Å²) in [5.41, 5.74) is 2.17. The molecule has 1 aromatic rings. The van der Waals surface area contributed by atoms with Gasteiger partial charge in [-0.3, -0.25) is 4.90 Å². The van der Waals surface area contributed by atoms with E-state index in [0.29, 0.717) is 17.2 Å². The summed E-state index contributed by atoms with van der Waals surface area (Å²) in [5.74, 6) is 0.976. The number of halogens is 1. The molecule has 18 heavy (non-hydrogen) atoms. The molecule has 0 aromatic carbocycles. The number of likely N-dealkylation sites (N-methyl/N-ethyl adjacent to an activating group) is 1. The third-order valence-corrected chi connectivity index (χ3v) is 4.46. The molecule has 0 spiro atoms. The number of nitrogens with zero attached hydrogens (tertiary/aromatic N) is 4. The first-order valence-corrected chi connectivity index (χ1v) is 6.76. The van der Waals surface area contributed by atoms with Gasteiger partial charge in [-0.15, -0.1) is 10.2 Å². The van der Waals surface area contributed by atoms with Crippen molar-refractivity contribution in [2.75, 3.05) is 25.0 Å². The van der Waals surface area contributed by atoms with E-state index in [1.165, 1.54) is 0 Å². The molecule has 0 aliphatic carbocycles. The summed E-state index contributed by atoms with van der Waals surface area (Å²) in [4.78, 5) is 4.73. The molecule has 0 radical (unpaired) electrons. The zero-order valence-corrected chi connectivity index (χ0v) is 12.5. The highest BCUT2D eigenvalue weighted by Gasteiger charge is 2.28. The molecule has 0 saturated carbocycles. The van der Waals surface area contributed by atoms with Crippen LogP contribution in [0.3, 0.4) is 0 Å². The Balaban J connectivity index is 2.30. The Bertz CT molecular complexity index is 437. The fourth-order valence-corrected chi connectivity index (χ4v) is 2.62. The van der Waals surface area contributed by atoms with Gasteiger partial charge < -0.3 is 4.90 Å². The van der Waals surface area contributed by atoms with Crippen LogP contribution in [0.5, 0.6) is 0 Å². The Labute approximate surface area is 114 Å². The molecule has 0 amide bonds. The molecule has 2 unspecified atom stereocenters. The van der Waals surface area contributed by atoms with Crippen molar-refractivity contribution in [3.8, 4) is 0 Å². The topological polar surface area (TPSA) is 32.3 Å². The third kappa shape index (κ3) is 2.31. The van der Waals surface area contributed by atoms with Gasteiger partial charge in [0, 0.05) is 25.2 Å². The quantitative estimate of drug-likeness (QED) is 0.782. The van der Waals surface area contributed by atoms with Crippen LogP contribution in [0.4, 0.5) is 5.82 Å². The first-order valence-electron chi connectivity index (χ1n) is 6.38. The van der Waals surface area contributed by atoms with Crippen molar-refractivity contribution in [1.82, 2.24) is 15.1 Å². The van der Waals surface area contributed by atoms with Gasteiger partial charge >= 0.3 is 0 Å². The molecule has 4 nitrogen and oxygen atoms in total. The lowest BCUT2D eigenvalue weighted by Gasteiger charge is -2.43. The Kier molecular flexibility index (Phi) is 3.78. The molecule has 1 aromatic heterocycles. The Morgan fingerprint density at radius 2 is 1.61 bits per heavy atom. The van der Waals surface area contributed by atoms with Gasteiger partial charge in [0.05, 0.1) is 0 Å². The van der Waals surface area contributed by atoms with Crippen LogP contribution in [0.15, 0.2) is 0 Å². The van der Waals surface area contributed by atoms with Gasteiger partial charge in [-0.05, 0) is 45.9 Å². The second-order valence-electron chi connectivity index (χ2n) is 5.33. The van der Waals surface area contributed by atoms with E-state index in [2.05, 4.69) is 47.8 Å². The van der Waals surface area contributed by atoms with Gasteiger partial charge in [-0.25, -0.2) is 0 Å². The zero-order chi connectivity index (χ0) is 13.4. The molecule has 1 saturated heterocycles. The minimum absolute atomic E-state index is 0.506. The van der Waals surface area contributed by atoms with Crippen molar-refractivity contribution in [3.63, 3.8) is 0 Å². The van der Waals surface area contributed by atoms with Crippen LogP contribution in [0.1, 0.15) is 25.0 Å². The average molecular weight is 269 g/mol. The summed E-state index contributed by atoms with van der Waals surface area (Å²) in [6, 6.07) is 1.04. The van der Waals surface area contributed by atoms with E-state index in [1.807, 2.05) is 6.92 Å². The number of hydrogen-bond donors (Lipinski definition) is 0. The molecule has 2 heterocycles. The highest BCUT2D eigenvalue weighted by atomic mass is 35.5. The van der Waals surface area contributed by atoms with Crippen molar-refractivity contribution >= 4 is 17.4 Å². The third-order valence-electron chi connectivity index (χ3n) is 4.10. The standard InChI is InChI=1S/C13H21ClN4/c1-8-6-18(7-9(2)17(8)5)13-11(4)10(3)12(14)15-16-13/h8-9H,6-7H2,1-5H3. The Hall–Kier alpha value is -0.870. The summed E-state index contributed by atoms with van der Waals surface area (Å²) in [6.45, 7) is 10.5. The number of aromatic nitrogens is 2. The Morgan fingerprint density at radius 1 is 1.06 bits per heavy atom. The summed E-state index contributed by atoms with van der Waals surface area (Å²) in [7, 11) is 2.18. The summed E-state index contributed by atoms with van der Waals surface area (Å²) < 4.78 is 0. The highest BCUT2D eigenvalue weighted by molar-refractivity contribution is 6.30. The molecular formula is C13H21ClN4. The first kappa shape index (κ1) is 13.6. The molecule has 0 bridgehead atoms. The fourth-order valence-electron chi connectivity index (χ4n) is 2.44. The molecule has 1 fully saturated rings. The maximum absolute atomic E-state index is 6.00. The van der Waals surface area contributed by atoms with Gasteiger partial charge in [0.2, 0.25) is 0 Å². The first-order chi connectivity index (χ1) is 8.41. The minimum atomic E-state index is 0.506. The van der Waals surface area contributed by atoms with E-state index in [1.54, 1.807) is 0 Å². The van der Waals surface area contributed by atoms with Crippen LogP contribution in [0, 0.1) is 13.8 Å². The lowest BCUT2D eigenvalue weighted by atomic mass is 10.1. The number of anilines is 1. The van der Waals surface area contributed by atoms with Crippen molar-refractivity contribution < 1.29 is 0 Å². The minimum Gasteiger partial charge on any atom is -0.352 e. The van der Waals surface area contributed by atoms with Gasteiger partial charge in [-0.1, -0.05) is 11.6 Å². The molecule has 2 atom stereocenters. The fraction of sp³-hybridized carbons (Fsp3) is 0.692. The molecule has 1 aliphatic rings. The van der Waals surface area contributed by atoms with E-state index in [9.17, 15) is 0 Å². The molecule has 1 aliphatic heterocycles. The van der Waals surface area contributed by atoms with Crippen LogP contribution >= 0.6 is 11.6 Å². The van der Waals surface area contributed by atoms with Crippen molar-refractivity contribution in [2.45, 2.75) is 39.8 Å². The second-order valence-corrected chi connectivity index (χ2v) is 5.69. The number of piperazine rings is 1. The second kappa shape index (κ2) is 5.02. The van der Waals surface area contributed by atoms with E-state index in [-0.39, 0.29) is 0 Å². The maximum atomic E-state index is 6.00. The van der Waals surface area contributed by atoms with Crippen molar-refractivity contribution in [1.29, 1.82) is 0 Å². The van der Waals surface area contributed by atoms with Crippen LogP contribution < -0.4 is 4.90 Å². The maximum Gasteiger partial charge on any atom is 0.155 e. The lowest BCUT2D eigenvalue weighted by Crippen LogP contribution is -2.55. The van der Waals surface area contributed by atoms with Crippen LogP contribution in [-0.4, -0.2) is 47.3 Å². The largest absolute Gasteiger partial charge is 0.352 e. The smallest absolute Gasteiger partial charge is 0.155 e. The molecule has 5 heteroatoms. The van der Waals surface area contributed by atoms with Crippen molar-refractivity contribution in [3.05, 3.63) is 16.3 Å². The van der Waals surface area contributed by atoms with Crippen LogP contribution in [-0.2, 0) is 0 Å². The van der Waals surface area contributed by atoms with E-state index in [4.69, 9.17) is 11.6 Å². The van der Waals surface area contributed by atoms with E-state index in [0.717, 1.165) is 30.0 Å². The molecule has 2 rings (SSSR count). The van der Waals surface area contributed by atoms with Gasteiger partial charge in [0.15, 0.2) is 11.0 Å². The molecule has 100 valence electrons. The lowest BCUT2D eigenvalue weighted by molar-refractivity contribution is 0.169. The summed E-state index contributed by atoms with van der Waals surface area (Å²) in [6.07, 6.45) is 0. The SMILES string of the molecule is Cc1c(Cl)nnc(N2CC(C)N(C)C(C)C2)c1C. The monoisotopic (exact) mass is 268 g/mol. The average Bonchev–Trinajstić information content (AvgIpc) is 2.33. The predicted octanol–water partition coefficient (Wildman–Crippen LogP) is 2.28. The van der Waals surface area contributed by atoms with E-state index < -0.39 is 0 Å². The molecular weight excluding hydrogens is 248 g/mol. The van der Waals surface area contributed by atoms with Crippen LogP contribution in [0.25, 0.3) is 0 Å². The van der Waals surface area contributed by atoms with Crippen molar-refractivity contribution in [2.24, 2.45) is 0 Å². The van der Waals surface area contributed by atoms with E-state index >= 15 is 0 Å². The highest BCUT2D eigenvalue weighted by Crippen LogP contribution is 2.26. The summed E-state index contributed by atoms with van der Waals surface area (Å²) >= 11 is 6.00. The normalized spacial score (nSPS) is 25.6. The van der Waals surface area contributed by atoms with Crippen LogP contribution in [0.2, 0.25) is 5.15 Å². The molecule has 0 N–H and O–H groups in total.